The topological polar surface area (TPSA) is 138 Å². The first-order valence-corrected chi connectivity index (χ1v) is 18.2. The number of halogens is 4. The van der Waals surface area contributed by atoms with E-state index in [-0.39, 0.29) is 36.4 Å². The first-order valence-electron chi connectivity index (χ1n) is 17.8. The second-order valence-electron chi connectivity index (χ2n) is 14.2. The second-order valence-corrected chi connectivity index (χ2v) is 14.6. The highest BCUT2D eigenvalue weighted by Gasteiger charge is 2.50. The lowest BCUT2D eigenvalue weighted by molar-refractivity contribution is -0.140. The zero-order valence-electron chi connectivity index (χ0n) is 30.0. The minimum atomic E-state index is -3.27. The number of aromatic nitrogens is 2. The molecule has 54 heavy (non-hydrogen) atoms. The molecule has 3 aliphatic rings. The highest BCUT2D eigenvalue weighted by Crippen LogP contribution is 2.45. The largest absolute Gasteiger partial charge is 0.484 e. The number of aliphatic hydroxyl groups excluding tert-OH is 1. The van der Waals surface area contributed by atoms with Crippen molar-refractivity contribution in [1.82, 2.24) is 19.8 Å². The van der Waals surface area contributed by atoms with Gasteiger partial charge in [0.15, 0.2) is 11.6 Å². The van der Waals surface area contributed by atoms with Crippen LogP contribution in [0.3, 0.4) is 0 Å². The Morgan fingerprint density at radius 2 is 1.87 bits per heavy atom. The number of nitrogens with one attached hydrogen (secondary N) is 2. The molecule has 15 heteroatoms. The van der Waals surface area contributed by atoms with Gasteiger partial charge in [-0.3, -0.25) is 19.8 Å². The van der Waals surface area contributed by atoms with Crippen molar-refractivity contribution >= 4 is 29.2 Å². The number of anilines is 1. The fourth-order valence-corrected chi connectivity index (χ4v) is 7.76. The molecular formula is C39H41ClF3N5O6. The lowest BCUT2D eigenvalue weighted by Crippen LogP contribution is -2.39. The number of carboxylic acid groups (broad SMARTS) is 1. The van der Waals surface area contributed by atoms with E-state index in [1.54, 1.807) is 0 Å². The predicted molar refractivity (Wildman–Crippen MR) is 195 cm³/mol. The molecule has 1 saturated carbocycles. The molecule has 4 N–H and O–H groups in total. The van der Waals surface area contributed by atoms with Gasteiger partial charge < -0.3 is 29.6 Å². The number of aliphatic carboxylic acids is 1. The molecule has 2 unspecified atom stereocenters. The second kappa shape index (κ2) is 14.9. The van der Waals surface area contributed by atoms with Crippen molar-refractivity contribution in [3.63, 3.8) is 0 Å². The Hall–Kier alpha value is -4.63. The number of rotatable bonds is 13. The minimum absolute atomic E-state index is 0.00687. The Balaban J connectivity index is 1.12. The van der Waals surface area contributed by atoms with Crippen LogP contribution in [0.15, 0.2) is 42.5 Å². The Kier molecular flexibility index (Phi) is 10.4. The number of nitrogens with zero attached hydrogens (tertiary/aromatic N) is 3. The average molecular weight is 768 g/mol. The van der Waals surface area contributed by atoms with Crippen LogP contribution in [0.2, 0.25) is 5.02 Å². The van der Waals surface area contributed by atoms with Crippen molar-refractivity contribution in [2.24, 2.45) is 7.05 Å². The van der Waals surface area contributed by atoms with Gasteiger partial charge in [0.25, 0.3) is 5.91 Å². The van der Waals surface area contributed by atoms with Gasteiger partial charge >= 0.3 is 12.6 Å². The maximum Gasteiger partial charge on any atom is 0.387 e. The highest BCUT2D eigenvalue weighted by atomic mass is 35.5. The van der Waals surface area contributed by atoms with Gasteiger partial charge in [-0.2, -0.15) is 8.78 Å². The Bertz CT molecular complexity index is 2120. The van der Waals surface area contributed by atoms with E-state index in [2.05, 4.69) is 25.3 Å². The van der Waals surface area contributed by atoms with Gasteiger partial charge in [-0.1, -0.05) is 41.9 Å². The molecule has 1 aromatic heterocycles. The molecule has 0 saturated heterocycles. The van der Waals surface area contributed by atoms with Crippen molar-refractivity contribution in [2.45, 2.75) is 83.3 Å². The number of imidazole rings is 1. The van der Waals surface area contributed by atoms with Crippen LogP contribution < -0.4 is 20.1 Å². The van der Waals surface area contributed by atoms with Crippen LogP contribution in [0.1, 0.15) is 76.6 Å². The summed E-state index contributed by atoms with van der Waals surface area (Å²) < 4.78 is 55.3. The number of carboxylic acids is 1. The maximum absolute atomic E-state index is 15.7. The Morgan fingerprint density at radius 3 is 2.57 bits per heavy atom. The number of ether oxygens (including phenoxy) is 2. The van der Waals surface area contributed by atoms with E-state index in [1.807, 2.05) is 61.9 Å². The highest BCUT2D eigenvalue weighted by molar-refractivity contribution is 6.32. The summed E-state index contributed by atoms with van der Waals surface area (Å²) >= 11 is 6.42. The Labute approximate surface area is 315 Å². The molecule has 1 amide bonds. The molecule has 1 aliphatic heterocycles. The third-order valence-corrected chi connectivity index (χ3v) is 11.3. The number of benzene rings is 3. The number of hydrogen-bond acceptors (Lipinski definition) is 8. The van der Waals surface area contributed by atoms with Gasteiger partial charge in [0, 0.05) is 62.2 Å². The summed E-state index contributed by atoms with van der Waals surface area (Å²) in [5, 5.41) is 24.5. The van der Waals surface area contributed by atoms with Gasteiger partial charge in [-0.05, 0) is 73.4 Å². The number of hydrogen-bond donors (Lipinski definition) is 4. The number of alkyl halides is 2. The normalized spacial score (nSPS) is 17.9. The van der Waals surface area contributed by atoms with Gasteiger partial charge in [0.05, 0.1) is 12.3 Å². The quantitative estimate of drug-likeness (QED) is 0.119. The molecule has 0 radical (unpaired) electrons. The van der Waals surface area contributed by atoms with Crippen molar-refractivity contribution in [2.75, 3.05) is 18.5 Å². The average Bonchev–Trinajstić information content (AvgIpc) is 3.73. The monoisotopic (exact) mass is 767 g/mol. The van der Waals surface area contributed by atoms with Crippen molar-refractivity contribution in [3.8, 4) is 22.6 Å². The maximum atomic E-state index is 15.7. The third kappa shape index (κ3) is 7.03. The summed E-state index contributed by atoms with van der Waals surface area (Å²) in [6.07, 6.45) is 1.87. The van der Waals surface area contributed by atoms with Crippen molar-refractivity contribution in [3.05, 3.63) is 92.8 Å². The zero-order chi connectivity index (χ0) is 38.5. The molecule has 0 bridgehead atoms. The Morgan fingerprint density at radius 1 is 1.13 bits per heavy atom. The van der Waals surface area contributed by atoms with E-state index in [0.29, 0.717) is 43.7 Å². The number of fused-ring (bicyclic) bond motifs is 2. The van der Waals surface area contributed by atoms with Gasteiger partial charge in [0.1, 0.15) is 28.2 Å². The van der Waals surface area contributed by atoms with E-state index in [0.717, 1.165) is 58.2 Å². The summed E-state index contributed by atoms with van der Waals surface area (Å²) in [6.45, 7) is 1.59. The molecule has 286 valence electrons. The fraction of sp³-hybridized carbons (Fsp3) is 0.410. The van der Waals surface area contributed by atoms with E-state index in [4.69, 9.17) is 16.3 Å². The molecule has 7 rings (SSSR count). The molecule has 2 aliphatic carbocycles. The summed E-state index contributed by atoms with van der Waals surface area (Å²) in [5.74, 6) is -2.86. The van der Waals surface area contributed by atoms with Gasteiger partial charge in [-0.25, -0.2) is 9.37 Å². The number of amides is 1. The van der Waals surface area contributed by atoms with Crippen LogP contribution >= 0.6 is 11.6 Å². The molecule has 3 aromatic carbocycles. The number of carbonyl (C=O) groups excluding carboxylic acids is 1. The lowest BCUT2D eigenvalue weighted by Gasteiger charge is -2.30. The smallest absolute Gasteiger partial charge is 0.387 e. The van der Waals surface area contributed by atoms with E-state index in [1.165, 1.54) is 0 Å². The molecule has 1 fully saturated rings. The lowest BCUT2D eigenvalue weighted by atomic mass is 9.93. The van der Waals surface area contributed by atoms with Crippen LogP contribution in [-0.4, -0.2) is 67.9 Å². The minimum Gasteiger partial charge on any atom is -0.484 e. The summed E-state index contributed by atoms with van der Waals surface area (Å²) in [5.41, 5.74) is 5.34. The van der Waals surface area contributed by atoms with Gasteiger partial charge in [-0.15, -0.1) is 0 Å². The van der Waals surface area contributed by atoms with Gasteiger partial charge in [0.2, 0.25) is 0 Å². The number of carbonyl (C=O) groups is 2. The van der Waals surface area contributed by atoms with Crippen LogP contribution in [0, 0.1) is 12.7 Å². The fourth-order valence-electron chi connectivity index (χ4n) is 7.55. The molecule has 11 nitrogen and oxygen atoms in total. The van der Waals surface area contributed by atoms with Crippen molar-refractivity contribution in [1.29, 1.82) is 0 Å². The first-order chi connectivity index (χ1) is 25.8. The molecule has 2 atom stereocenters. The predicted octanol–water partition coefficient (Wildman–Crippen LogP) is 6.55. The molecule has 0 spiro atoms. The SMILES string of the molecule is Cc1c(NC(=O)c2nc3c(n2C)CCN(C(C)CO)C3)cccc1-c1cccc2c1CCC2Oc1cc(OC(F)F)c(CNC2(C(=O)O)CC2)c(F)c1Cl. The van der Waals surface area contributed by atoms with Crippen LogP contribution in [0.4, 0.5) is 18.9 Å². The summed E-state index contributed by atoms with van der Waals surface area (Å²) in [6, 6.07) is 12.5. The third-order valence-electron chi connectivity index (χ3n) is 10.9. The van der Waals surface area contributed by atoms with E-state index < -0.39 is 40.8 Å². The van der Waals surface area contributed by atoms with Crippen molar-refractivity contribution < 1.29 is 42.4 Å². The first kappa shape index (κ1) is 37.7. The standard InChI is InChI=1S/C39H41ClF3N5O6/c1-20(19-49)48-15-12-29-28(18-48)45-35(47(29)3)36(50)46-27-9-5-6-22(21(27)2)23-7-4-8-25-24(23)10-11-30(25)53-32-16-31(54-38(42)43)26(34(41)33(32)40)17-44-39(13-14-39)37(51)52/h4-9,16,20,30,38,44,49H,10-15,17-19H2,1-3H3,(H,46,50)(H,51,52). The van der Waals surface area contributed by atoms with Crippen LogP contribution in [0.25, 0.3) is 11.1 Å². The molecular weight excluding hydrogens is 727 g/mol. The summed E-state index contributed by atoms with van der Waals surface area (Å²) in [7, 11) is 1.84. The zero-order valence-corrected chi connectivity index (χ0v) is 30.8. The molecule has 2 heterocycles. The van der Waals surface area contributed by atoms with E-state index >= 15 is 4.39 Å². The summed E-state index contributed by atoms with van der Waals surface area (Å²) in [4.78, 5) is 32.1. The molecule has 4 aromatic rings. The van der Waals surface area contributed by atoms with Crippen LogP contribution in [-0.2, 0) is 37.8 Å². The van der Waals surface area contributed by atoms with Crippen LogP contribution in [0.5, 0.6) is 11.5 Å². The number of aliphatic hydroxyl groups is 1. The van der Waals surface area contributed by atoms with E-state index in [9.17, 15) is 28.6 Å².